The van der Waals surface area contributed by atoms with Crippen molar-refractivity contribution in [3.63, 3.8) is 0 Å². The molecular weight excluding hydrogens is 339 g/mol. The topological polar surface area (TPSA) is 67.9 Å². The summed E-state index contributed by atoms with van der Waals surface area (Å²) in [7, 11) is 1.52. The quantitative estimate of drug-likeness (QED) is 0.862. The number of halogens is 1. The molecule has 1 saturated heterocycles. The number of benzene rings is 1. The molecule has 1 heterocycles. The van der Waals surface area contributed by atoms with Crippen LogP contribution in [0.15, 0.2) is 18.2 Å². The minimum absolute atomic E-state index is 0.0335. The summed E-state index contributed by atoms with van der Waals surface area (Å²) >= 11 is 0. The molecule has 1 aliphatic heterocycles. The van der Waals surface area contributed by atoms with E-state index in [1.165, 1.54) is 7.11 Å². The number of piperidine rings is 1. The average Bonchev–Trinajstić information content (AvgIpc) is 2.55. The zero-order valence-electron chi connectivity index (χ0n) is 15.8. The van der Waals surface area contributed by atoms with Crippen LogP contribution in [0.25, 0.3) is 0 Å². The Balaban J connectivity index is 2.09. The largest absolute Gasteiger partial charge is 0.495 e. The van der Waals surface area contributed by atoms with E-state index in [0.717, 1.165) is 12.0 Å². The second-order valence-electron chi connectivity index (χ2n) is 7.35. The van der Waals surface area contributed by atoms with Crippen LogP contribution in [0.2, 0.25) is 0 Å². The number of anilines is 1. The number of rotatable bonds is 5. The monoisotopic (exact) mass is 366 g/mol. The summed E-state index contributed by atoms with van der Waals surface area (Å²) in [6, 6.07) is 5.45. The summed E-state index contributed by atoms with van der Waals surface area (Å²) in [5.74, 6) is 0.531. The van der Waals surface area contributed by atoms with Crippen LogP contribution in [-0.2, 0) is 9.53 Å². The number of methoxy groups -OCH3 is 1. The fourth-order valence-corrected chi connectivity index (χ4v) is 2.98. The first-order valence-corrected chi connectivity index (χ1v) is 8.75. The summed E-state index contributed by atoms with van der Waals surface area (Å²) < 4.78 is 23.1. The zero-order chi connectivity index (χ0) is 19.3. The number of nitrogens with zero attached hydrogens (tertiary/aromatic N) is 1. The van der Waals surface area contributed by atoms with Crippen LogP contribution in [0.4, 0.5) is 14.9 Å². The van der Waals surface area contributed by atoms with Gasteiger partial charge in [-0.2, -0.15) is 0 Å². The summed E-state index contributed by atoms with van der Waals surface area (Å²) in [5, 5.41) is 2.68. The Morgan fingerprint density at radius 3 is 2.69 bits per heavy atom. The Hall–Kier alpha value is -2.31. The van der Waals surface area contributed by atoms with Gasteiger partial charge < -0.3 is 14.4 Å². The van der Waals surface area contributed by atoms with Crippen LogP contribution in [-0.4, -0.2) is 49.4 Å². The van der Waals surface area contributed by atoms with Gasteiger partial charge in [-0.3, -0.25) is 10.1 Å². The third-order valence-corrected chi connectivity index (χ3v) is 4.21. The summed E-state index contributed by atoms with van der Waals surface area (Å²) in [4.78, 5) is 25.6. The molecule has 1 unspecified atom stereocenters. The van der Waals surface area contributed by atoms with E-state index in [1.54, 1.807) is 31.7 Å². The highest BCUT2D eigenvalue weighted by atomic mass is 19.1. The number of carbonyl (C=O) groups excluding carboxylic acids is 2. The lowest BCUT2D eigenvalue weighted by atomic mass is 9.88. The van der Waals surface area contributed by atoms with Gasteiger partial charge in [-0.15, -0.1) is 0 Å². The lowest BCUT2D eigenvalue weighted by molar-refractivity contribution is -0.134. The van der Waals surface area contributed by atoms with Crippen molar-refractivity contribution in [1.82, 2.24) is 4.90 Å². The van der Waals surface area contributed by atoms with Gasteiger partial charge >= 0.3 is 6.09 Å². The Kier molecular flexibility index (Phi) is 6.45. The highest BCUT2D eigenvalue weighted by Gasteiger charge is 2.27. The van der Waals surface area contributed by atoms with E-state index in [-0.39, 0.29) is 18.4 Å². The van der Waals surface area contributed by atoms with Crippen molar-refractivity contribution in [2.24, 2.45) is 0 Å². The molecule has 1 aromatic rings. The van der Waals surface area contributed by atoms with Crippen molar-refractivity contribution in [2.75, 3.05) is 32.2 Å². The molecule has 1 aromatic carbocycles. The van der Waals surface area contributed by atoms with Crippen LogP contribution < -0.4 is 10.1 Å². The van der Waals surface area contributed by atoms with E-state index in [4.69, 9.17) is 9.47 Å². The molecule has 0 spiro atoms. The molecule has 1 N–H and O–H groups in total. The van der Waals surface area contributed by atoms with E-state index < -0.39 is 18.4 Å². The molecule has 2 amide bonds. The maximum Gasteiger partial charge on any atom is 0.412 e. The smallest absolute Gasteiger partial charge is 0.412 e. The molecule has 0 aliphatic carbocycles. The van der Waals surface area contributed by atoms with Crippen LogP contribution >= 0.6 is 0 Å². The average molecular weight is 366 g/mol. The first-order chi connectivity index (χ1) is 12.2. The molecule has 1 aliphatic rings. The Bertz CT molecular complexity index is 657. The number of likely N-dealkylation sites (tertiary alicyclic amines) is 1. The molecule has 7 heteroatoms. The molecule has 0 bridgehead atoms. The van der Waals surface area contributed by atoms with Gasteiger partial charge in [0, 0.05) is 19.5 Å². The zero-order valence-corrected chi connectivity index (χ0v) is 15.8. The first kappa shape index (κ1) is 20.0. The number of alkyl halides is 1. The van der Waals surface area contributed by atoms with Gasteiger partial charge in [0.2, 0.25) is 5.91 Å². The Labute approximate surface area is 153 Å². The van der Waals surface area contributed by atoms with E-state index in [9.17, 15) is 14.0 Å². The highest BCUT2D eigenvalue weighted by molar-refractivity contribution is 5.87. The van der Waals surface area contributed by atoms with Crippen LogP contribution in [0.5, 0.6) is 5.75 Å². The minimum Gasteiger partial charge on any atom is -0.495 e. The predicted octanol–water partition coefficient (Wildman–Crippen LogP) is 3.72. The van der Waals surface area contributed by atoms with Crippen molar-refractivity contribution < 1.29 is 23.5 Å². The number of amides is 2. The molecule has 0 radical (unpaired) electrons. The molecule has 0 aromatic heterocycles. The second-order valence-corrected chi connectivity index (χ2v) is 7.35. The van der Waals surface area contributed by atoms with Gasteiger partial charge in [0.15, 0.2) is 0 Å². The lowest BCUT2D eigenvalue weighted by Crippen LogP contribution is -2.39. The molecule has 6 nitrogen and oxygen atoms in total. The van der Waals surface area contributed by atoms with Gasteiger partial charge in [0.25, 0.3) is 0 Å². The maximum absolute atomic E-state index is 12.5. The van der Waals surface area contributed by atoms with Gasteiger partial charge in [0.1, 0.15) is 18.0 Å². The molecule has 2 rings (SSSR count). The summed E-state index contributed by atoms with van der Waals surface area (Å²) in [6.07, 6.45) is 0.564. The van der Waals surface area contributed by atoms with Crippen molar-refractivity contribution in [2.45, 2.75) is 45.1 Å². The van der Waals surface area contributed by atoms with E-state index in [0.29, 0.717) is 24.4 Å². The van der Waals surface area contributed by atoms with Gasteiger partial charge in [0.05, 0.1) is 12.8 Å². The van der Waals surface area contributed by atoms with Crippen molar-refractivity contribution in [3.8, 4) is 5.75 Å². The first-order valence-electron chi connectivity index (χ1n) is 8.75. The van der Waals surface area contributed by atoms with Crippen LogP contribution in [0.3, 0.4) is 0 Å². The third-order valence-electron chi connectivity index (χ3n) is 4.21. The fourth-order valence-electron chi connectivity index (χ4n) is 2.98. The maximum atomic E-state index is 12.5. The molecule has 1 fully saturated rings. The van der Waals surface area contributed by atoms with Gasteiger partial charge in [-0.05, 0) is 50.8 Å². The molecular formula is C19H27FN2O4. The van der Waals surface area contributed by atoms with E-state index >= 15 is 0 Å². The van der Waals surface area contributed by atoms with E-state index in [2.05, 4.69) is 5.32 Å². The van der Waals surface area contributed by atoms with Crippen LogP contribution in [0.1, 0.15) is 45.1 Å². The standard InChI is InChI=1S/C19H27FN2O4/c1-19(2,3)26-18(24)21-15-6-5-13(11-16(15)25-4)14-7-9-22(10-8-20)17(23)12-14/h5-6,11,14H,7-10,12H2,1-4H3,(H,21,24). The normalized spacial score (nSPS) is 17.8. The second kappa shape index (κ2) is 8.38. The predicted molar refractivity (Wildman–Crippen MR) is 97.4 cm³/mol. The number of hydrogen-bond donors (Lipinski definition) is 1. The Morgan fingerprint density at radius 2 is 2.12 bits per heavy atom. The lowest BCUT2D eigenvalue weighted by Gasteiger charge is -2.31. The number of nitrogens with one attached hydrogen (secondary N) is 1. The number of carbonyl (C=O) groups is 2. The highest BCUT2D eigenvalue weighted by Crippen LogP contribution is 2.34. The van der Waals surface area contributed by atoms with E-state index in [1.807, 2.05) is 12.1 Å². The molecule has 0 saturated carbocycles. The van der Waals surface area contributed by atoms with Crippen molar-refractivity contribution >= 4 is 17.7 Å². The third kappa shape index (κ3) is 5.34. The SMILES string of the molecule is COc1cc(C2CCN(CCF)C(=O)C2)ccc1NC(=O)OC(C)(C)C. The van der Waals surface area contributed by atoms with Gasteiger partial charge in [-0.25, -0.2) is 9.18 Å². The summed E-state index contributed by atoms with van der Waals surface area (Å²) in [6.45, 7) is 5.56. The molecule has 26 heavy (non-hydrogen) atoms. The summed E-state index contributed by atoms with van der Waals surface area (Å²) in [5.41, 5.74) is 0.877. The minimum atomic E-state index is -0.592. The number of ether oxygens (including phenoxy) is 2. The van der Waals surface area contributed by atoms with Crippen LogP contribution in [0, 0.1) is 0 Å². The van der Waals surface area contributed by atoms with Crippen molar-refractivity contribution in [1.29, 1.82) is 0 Å². The molecule has 1 atom stereocenters. The van der Waals surface area contributed by atoms with Crippen molar-refractivity contribution in [3.05, 3.63) is 23.8 Å². The molecule has 144 valence electrons. The number of hydrogen-bond acceptors (Lipinski definition) is 4. The fraction of sp³-hybridized carbons (Fsp3) is 0.579. The Morgan fingerprint density at radius 1 is 1.38 bits per heavy atom. The van der Waals surface area contributed by atoms with Gasteiger partial charge in [-0.1, -0.05) is 6.07 Å².